The van der Waals surface area contributed by atoms with Gasteiger partial charge in [0.15, 0.2) is 0 Å². The molecule has 4 nitrogen and oxygen atoms in total. The van der Waals surface area contributed by atoms with Gasteiger partial charge in [-0.3, -0.25) is 4.31 Å². The van der Waals surface area contributed by atoms with Crippen molar-refractivity contribution in [3.63, 3.8) is 0 Å². The maximum atomic E-state index is 12.0. The predicted octanol–water partition coefficient (Wildman–Crippen LogP) is 1.75. The zero-order valence-electron chi connectivity index (χ0n) is 7.80. The van der Waals surface area contributed by atoms with Gasteiger partial charge >= 0.3 is 0 Å². The van der Waals surface area contributed by atoms with Crippen LogP contribution in [0.4, 0.5) is 5.69 Å². The van der Waals surface area contributed by atoms with E-state index < -0.39 is 10.0 Å². The van der Waals surface area contributed by atoms with E-state index in [0.717, 1.165) is 0 Å². The first-order chi connectivity index (χ1) is 7.16. The lowest BCUT2D eigenvalue weighted by Crippen LogP contribution is -2.33. The van der Waals surface area contributed by atoms with Crippen LogP contribution in [0.1, 0.15) is 0 Å². The summed E-state index contributed by atoms with van der Waals surface area (Å²) in [6.45, 7) is 0.389. The first-order valence-electron chi connectivity index (χ1n) is 4.37. The van der Waals surface area contributed by atoms with Crippen LogP contribution in [-0.4, -0.2) is 30.9 Å². The number of para-hydroxylation sites is 1. The van der Waals surface area contributed by atoms with Crippen LogP contribution in [0.2, 0.25) is 0 Å². The summed E-state index contributed by atoms with van der Waals surface area (Å²) in [5.74, 6) is 0. The van der Waals surface area contributed by atoms with E-state index >= 15 is 0 Å². The van der Waals surface area contributed by atoms with Gasteiger partial charge in [0.25, 0.3) is 10.0 Å². The number of alkyl halides is 1. The SMILES string of the molecule is O=S1(=O)c2ccccc2N=CN1CCBr. The van der Waals surface area contributed by atoms with E-state index in [1.807, 2.05) is 0 Å². The van der Waals surface area contributed by atoms with Crippen molar-refractivity contribution < 1.29 is 8.42 Å². The molecule has 15 heavy (non-hydrogen) atoms. The number of rotatable bonds is 2. The summed E-state index contributed by atoms with van der Waals surface area (Å²) < 4.78 is 25.3. The smallest absolute Gasteiger partial charge is 0.255 e. The Morgan fingerprint density at radius 3 is 2.80 bits per heavy atom. The molecular weight excluding hydrogens is 280 g/mol. The van der Waals surface area contributed by atoms with Gasteiger partial charge in [0.05, 0.1) is 5.69 Å². The number of fused-ring (bicyclic) bond motifs is 1. The molecule has 0 fully saturated rings. The molecule has 1 aliphatic rings. The minimum absolute atomic E-state index is 0.272. The third-order valence-corrected chi connectivity index (χ3v) is 4.23. The molecule has 0 N–H and O–H groups in total. The van der Waals surface area contributed by atoms with Gasteiger partial charge in [-0.1, -0.05) is 28.1 Å². The lowest BCUT2D eigenvalue weighted by Gasteiger charge is -2.22. The Balaban J connectivity index is 2.53. The van der Waals surface area contributed by atoms with E-state index in [1.54, 1.807) is 24.3 Å². The van der Waals surface area contributed by atoms with Gasteiger partial charge in [0, 0.05) is 11.9 Å². The van der Waals surface area contributed by atoms with Crippen LogP contribution >= 0.6 is 15.9 Å². The van der Waals surface area contributed by atoms with Gasteiger partial charge in [-0.25, -0.2) is 13.4 Å². The van der Waals surface area contributed by atoms with Crippen LogP contribution in [0.25, 0.3) is 0 Å². The zero-order valence-corrected chi connectivity index (χ0v) is 10.2. The predicted molar refractivity (Wildman–Crippen MR) is 62.3 cm³/mol. The standard InChI is InChI=1S/C9H9BrN2O2S/c10-5-6-12-7-11-8-3-1-2-4-9(8)15(12,13)14/h1-4,7H,5-6H2. The van der Waals surface area contributed by atoms with E-state index in [-0.39, 0.29) is 4.90 Å². The number of benzene rings is 1. The van der Waals surface area contributed by atoms with E-state index in [4.69, 9.17) is 0 Å². The number of hydrogen-bond acceptors (Lipinski definition) is 3. The van der Waals surface area contributed by atoms with Gasteiger partial charge in [-0.2, -0.15) is 0 Å². The summed E-state index contributed by atoms with van der Waals surface area (Å²) in [5.41, 5.74) is 0.503. The zero-order chi connectivity index (χ0) is 10.9. The Bertz CT molecular complexity index is 499. The first kappa shape index (κ1) is 10.6. The van der Waals surface area contributed by atoms with E-state index in [9.17, 15) is 8.42 Å². The normalized spacial score (nSPS) is 17.5. The second kappa shape index (κ2) is 3.94. The average molecular weight is 289 g/mol. The maximum absolute atomic E-state index is 12.0. The molecule has 80 valence electrons. The lowest BCUT2D eigenvalue weighted by atomic mass is 10.3. The van der Waals surface area contributed by atoms with Crippen molar-refractivity contribution in [3.05, 3.63) is 24.3 Å². The fourth-order valence-electron chi connectivity index (χ4n) is 1.36. The van der Waals surface area contributed by atoms with E-state index in [2.05, 4.69) is 20.9 Å². The fraction of sp³-hybridized carbons (Fsp3) is 0.222. The fourth-order valence-corrected chi connectivity index (χ4v) is 3.37. The van der Waals surface area contributed by atoms with Crippen molar-refractivity contribution in [1.29, 1.82) is 0 Å². The monoisotopic (exact) mass is 288 g/mol. The molecule has 1 aromatic rings. The average Bonchev–Trinajstić information content (AvgIpc) is 2.23. The minimum atomic E-state index is -3.39. The van der Waals surface area contributed by atoms with Crippen molar-refractivity contribution >= 4 is 38.0 Å². The Kier molecular flexibility index (Phi) is 2.79. The molecule has 0 radical (unpaired) electrons. The largest absolute Gasteiger partial charge is 0.267 e. The van der Waals surface area contributed by atoms with Gasteiger partial charge in [-0.05, 0) is 12.1 Å². The van der Waals surface area contributed by atoms with Crippen molar-refractivity contribution in [3.8, 4) is 0 Å². The van der Waals surface area contributed by atoms with Gasteiger partial charge < -0.3 is 0 Å². The Morgan fingerprint density at radius 1 is 1.33 bits per heavy atom. The summed E-state index contributed by atoms with van der Waals surface area (Å²) in [6.07, 6.45) is 1.36. The molecule has 6 heteroatoms. The molecule has 0 aromatic heterocycles. The number of sulfonamides is 1. The highest BCUT2D eigenvalue weighted by Crippen LogP contribution is 2.29. The van der Waals surface area contributed by atoms with Crippen LogP contribution in [0.5, 0.6) is 0 Å². The molecule has 0 spiro atoms. The summed E-state index contributed by atoms with van der Waals surface area (Å²) in [6, 6.07) is 6.73. The van der Waals surface area contributed by atoms with Crippen molar-refractivity contribution in [2.24, 2.45) is 4.99 Å². The Labute approximate surface area is 96.8 Å². The van der Waals surface area contributed by atoms with Crippen LogP contribution in [0.3, 0.4) is 0 Å². The molecule has 0 saturated heterocycles. The molecule has 0 unspecified atom stereocenters. The topological polar surface area (TPSA) is 49.7 Å². The second-order valence-electron chi connectivity index (χ2n) is 3.02. The first-order valence-corrected chi connectivity index (χ1v) is 6.93. The minimum Gasteiger partial charge on any atom is -0.255 e. The van der Waals surface area contributed by atoms with E-state index in [1.165, 1.54) is 10.6 Å². The molecular formula is C9H9BrN2O2S. The highest BCUT2D eigenvalue weighted by atomic mass is 79.9. The molecule has 1 aliphatic heterocycles. The van der Waals surface area contributed by atoms with Crippen molar-refractivity contribution in [1.82, 2.24) is 4.31 Å². The molecule has 1 heterocycles. The highest BCUT2D eigenvalue weighted by molar-refractivity contribution is 9.09. The lowest BCUT2D eigenvalue weighted by molar-refractivity contribution is 0.536. The van der Waals surface area contributed by atoms with Crippen LogP contribution in [0.15, 0.2) is 34.2 Å². The number of nitrogens with zero attached hydrogens (tertiary/aromatic N) is 2. The summed E-state index contributed by atoms with van der Waals surface area (Å²) in [7, 11) is -3.39. The maximum Gasteiger partial charge on any atom is 0.267 e. The molecule has 2 rings (SSSR count). The Hall–Kier alpha value is -0.880. The molecule has 0 atom stereocenters. The summed E-state index contributed by atoms with van der Waals surface area (Å²) >= 11 is 3.21. The molecule has 0 aliphatic carbocycles. The Morgan fingerprint density at radius 2 is 2.07 bits per heavy atom. The third-order valence-electron chi connectivity index (χ3n) is 2.08. The van der Waals surface area contributed by atoms with Gasteiger partial charge in [0.1, 0.15) is 11.2 Å². The third kappa shape index (κ3) is 1.79. The molecule has 0 saturated carbocycles. The molecule has 1 aromatic carbocycles. The molecule has 0 amide bonds. The quantitative estimate of drug-likeness (QED) is 0.779. The highest BCUT2D eigenvalue weighted by Gasteiger charge is 2.27. The number of hydrogen-bond donors (Lipinski definition) is 0. The van der Waals surface area contributed by atoms with Crippen molar-refractivity contribution in [2.75, 3.05) is 11.9 Å². The second-order valence-corrected chi connectivity index (χ2v) is 5.67. The van der Waals surface area contributed by atoms with E-state index in [0.29, 0.717) is 17.6 Å². The number of halogens is 1. The van der Waals surface area contributed by atoms with Gasteiger partial charge in [-0.15, -0.1) is 0 Å². The van der Waals surface area contributed by atoms with Crippen LogP contribution < -0.4 is 0 Å². The van der Waals surface area contributed by atoms with Crippen LogP contribution in [0, 0.1) is 0 Å². The van der Waals surface area contributed by atoms with Gasteiger partial charge in [0.2, 0.25) is 0 Å². The van der Waals surface area contributed by atoms with Crippen LogP contribution in [-0.2, 0) is 10.0 Å². The number of aliphatic imine (C=N–C) groups is 1. The summed E-state index contributed by atoms with van der Waals surface area (Å²) in [4.78, 5) is 4.36. The van der Waals surface area contributed by atoms with Crippen molar-refractivity contribution in [2.45, 2.75) is 4.90 Å². The molecule has 0 bridgehead atoms. The summed E-state index contributed by atoms with van der Waals surface area (Å²) in [5, 5.41) is 0.584.